The molecule has 0 unspecified atom stereocenters. The molecule has 6 nitrogen and oxygen atoms in total. The van der Waals surface area contributed by atoms with E-state index in [1.165, 1.54) is 0 Å². The highest BCUT2D eigenvalue weighted by molar-refractivity contribution is 7.71. The van der Waals surface area contributed by atoms with E-state index in [9.17, 15) is 40.5 Å². The highest BCUT2D eigenvalue weighted by atomic mass is 31.2. The normalized spacial score (nSPS) is 13.1. The largest absolute Gasteiger partial charge is 0.469 e. The van der Waals surface area contributed by atoms with Crippen LogP contribution in [-0.4, -0.2) is 44.2 Å². The zero-order valence-electron chi connectivity index (χ0n) is 10.3. The number of methoxy groups -OCH3 is 1. The van der Waals surface area contributed by atoms with Gasteiger partial charge in [0, 0.05) is 0 Å². The van der Waals surface area contributed by atoms with Crippen LogP contribution in [0, 0.1) is 0 Å². The Morgan fingerprint density at radius 3 is 1.62 bits per heavy atom. The van der Waals surface area contributed by atoms with E-state index in [0.717, 1.165) is 7.11 Å². The molecule has 0 saturated heterocycles. The van der Waals surface area contributed by atoms with Gasteiger partial charge in [0.2, 0.25) is 0 Å². The number of alkyl halides is 6. The third kappa shape index (κ3) is 8.68. The molecule has 0 fully saturated rings. The first-order chi connectivity index (χ1) is 9.29. The Kier molecular flexibility index (Phi) is 6.84. The van der Waals surface area contributed by atoms with E-state index in [4.69, 9.17) is 0 Å². The summed E-state index contributed by atoms with van der Waals surface area (Å²) in [6.07, 6.45) is -11.5. The number of carbonyl (C=O) groups excluding carboxylic acids is 2. The molecular weight excluding hydrogens is 337 g/mol. The van der Waals surface area contributed by atoms with Crippen LogP contribution in [0.1, 0.15) is 6.42 Å². The maximum atomic E-state index is 11.9. The van der Waals surface area contributed by atoms with Crippen LogP contribution in [0.4, 0.5) is 26.3 Å². The summed E-state index contributed by atoms with van der Waals surface area (Å²) in [4.78, 5) is 22.1. The Labute approximate surface area is 113 Å². The number of rotatable bonds is 7. The molecule has 21 heavy (non-hydrogen) atoms. The molecule has 0 aliphatic carbocycles. The predicted molar refractivity (Wildman–Crippen MR) is 53.3 cm³/mol. The van der Waals surface area contributed by atoms with Crippen LogP contribution in [0.3, 0.4) is 0 Å². The molecular formula is C8H9F6O6P. The first-order valence-electron chi connectivity index (χ1n) is 4.92. The zero-order valence-corrected chi connectivity index (χ0v) is 11.2. The van der Waals surface area contributed by atoms with E-state index >= 15 is 0 Å². The van der Waals surface area contributed by atoms with Crippen LogP contribution in [0.15, 0.2) is 0 Å². The van der Waals surface area contributed by atoms with Gasteiger partial charge >= 0.3 is 25.9 Å². The average Bonchev–Trinajstić information content (AvgIpc) is 2.31. The Hall–Kier alpha value is -1.13. The van der Waals surface area contributed by atoms with Crippen LogP contribution in [0.25, 0.3) is 0 Å². The standard InChI is InChI=1S/C8H9F6O6P/c1-18-5(15)2-6(16)21(17,19-3-7(9,10)11)20-4-8(12,13)14/h2-4H2,1H3. The van der Waals surface area contributed by atoms with Gasteiger partial charge in [0.1, 0.15) is 6.42 Å². The SMILES string of the molecule is COC(=O)CC(=O)P(=O)(OCC(F)(F)F)OCC(F)(F)F. The molecule has 0 bridgehead atoms. The molecule has 0 spiro atoms. The van der Waals surface area contributed by atoms with Crippen molar-refractivity contribution in [1.29, 1.82) is 0 Å². The van der Waals surface area contributed by atoms with Gasteiger partial charge in [-0.1, -0.05) is 0 Å². The minimum atomic E-state index is -5.45. The summed E-state index contributed by atoms with van der Waals surface area (Å²) in [6, 6.07) is 0. The Morgan fingerprint density at radius 1 is 0.952 bits per heavy atom. The summed E-state index contributed by atoms with van der Waals surface area (Å²) in [5.74, 6) is -1.33. The summed E-state index contributed by atoms with van der Waals surface area (Å²) in [5, 5.41) is 0. The molecule has 0 N–H and O–H groups in total. The molecule has 0 amide bonds. The number of carbonyl (C=O) groups is 2. The maximum Gasteiger partial charge on any atom is 0.412 e. The van der Waals surface area contributed by atoms with Crippen LogP contribution in [0.5, 0.6) is 0 Å². The topological polar surface area (TPSA) is 78.9 Å². The number of esters is 1. The molecule has 0 aliphatic rings. The molecule has 0 atom stereocenters. The highest BCUT2D eigenvalue weighted by Gasteiger charge is 2.43. The quantitative estimate of drug-likeness (QED) is 0.305. The lowest BCUT2D eigenvalue weighted by molar-refractivity contribution is -0.166. The van der Waals surface area contributed by atoms with Gasteiger partial charge in [-0.05, 0) is 0 Å². The molecule has 0 aliphatic heterocycles. The Bertz CT molecular complexity index is 408. The minimum absolute atomic E-state index is 0.799. The number of halogens is 6. The van der Waals surface area contributed by atoms with Crippen molar-refractivity contribution in [3.63, 3.8) is 0 Å². The summed E-state index contributed by atoms with van der Waals surface area (Å²) in [7, 11) is -4.65. The van der Waals surface area contributed by atoms with E-state index < -0.39 is 51.1 Å². The van der Waals surface area contributed by atoms with Crippen molar-refractivity contribution >= 4 is 19.1 Å². The average molecular weight is 346 g/mol. The van der Waals surface area contributed by atoms with Crippen LogP contribution in [0.2, 0.25) is 0 Å². The lowest BCUT2D eigenvalue weighted by Gasteiger charge is -2.18. The monoisotopic (exact) mass is 346 g/mol. The second-order valence-corrected chi connectivity index (χ2v) is 5.43. The Balaban J connectivity index is 5.02. The first kappa shape index (κ1) is 19.9. The van der Waals surface area contributed by atoms with Gasteiger partial charge in [0.15, 0.2) is 13.2 Å². The van der Waals surface area contributed by atoms with Crippen LogP contribution in [-0.2, 0) is 27.9 Å². The fourth-order valence-corrected chi connectivity index (χ4v) is 2.11. The lowest BCUT2D eigenvalue weighted by Crippen LogP contribution is -2.23. The van der Waals surface area contributed by atoms with Gasteiger partial charge in [-0.3, -0.25) is 23.2 Å². The molecule has 0 aromatic heterocycles. The molecule has 124 valence electrons. The molecule has 0 radical (unpaired) electrons. The number of ether oxygens (including phenoxy) is 1. The van der Waals surface area contributed by atoms with Gasteiger partial charge in [0.05, 0.1) is 7.11 Å². The van der Waals surface area contributed by atoms with Gasteiger partial charge in [0.25, 0.3) is 5.52 Å². The molecule has 0 saturated carbocycles. The van der Waals surface area contributed by atoms with Gasteiger partial charge < -0.3 is 4.74 Å². The molecule has 0 rings (SSSR count). The van der Waals surface area contributed by atoms with Crippen molar-refractivity contribution in [1.82, 2.24) is 0 Å². The van der Waals surface area contributed by atoms with Crippen molar-refractivity contribution in [2.75, 3.05) is 20.3 Å². The summed E-state index contributed by atoms with van der Waals surface area (Å²) >= 11 is 0. The predicted octanol–water partition coefficient (Wildman–Crippen LogP) is 2.43. The second-order valence-electron chi connectivity index (χ2n) is 3.42. The maximum absolute atomic E-state index is 11.9. The van der Waals surface area contributed by atoms with Gasteiger partial charge in [-0.15, -0.1) is 0 Å². The van der Waals surface area contributed by atoms with Gasteiger partial charge in [-0.25, -0.2) is 0 Å². The van der Waals surface area contributed by atoms with Crippen molar-refractivity contribution in [2.24, 2.45) is 0 Å². The summed E-state index contributed by atoms with van der Waals surface area (Å²) < 4.78 is 94.5. The molecule has 0 heterocycles. The van der Waals surface area contributed by atoms with Crippen molar-refractivity contribution in [3.05, 3.63) is 0 Å². The Morgan fingerprint density at radius 2 is 1.33 bits per heavy atom. The van der Waals surface area contributed by atoms with E-state index in [2.05, 4.69) is 13.8 Å². The number of hydrogen-bond acceptors (Lipinski definition) is 6. The van der Waals surface area contributed by atoms with Gasteiger partial charge in [-0.2, -0.15) is 26.3 Å². The highest BCUT2D eigenvalue weighted by Crippen LogP contribution is 2.51. The summed E-state index contributed by atoms with van der Waals surface area (Å²) in [5.41, 5.74) is -1.87. The van der Waals surface area contributed by atoms with Crippen LogP contribution < -0.4 is 0 Å². The summed E-state index contributed by atoms with van der Waals surface area (Å²) in [6.45, 7) is -4.57. The van der Waals surface area contributed by atoms with Crippen molar-refractivity contribution in [2.45, 2.75) is 18.8 Å². The molecule has 13 heteroatoms. The van der Waals surface area contributed by atoms with Crippen LogP contribution >= 0.6 is 7.60 Å². The lowest BCUT2D eigenvalue weighted by atomic mass is 10.5. The van der Waals surface area contributed by atoms with E-state index in [1.807, 2.05) is 0 Å². The fraction of sp³-hybridized carbons (Fsp3) is 0.750. The van der Waals surface area contributed by atoms with Crippen molar-refractivity contribution in [3.8, 4) is 0 Å². The third-order valence-electron chi connectivity index (χ3n) is 1.63. The molecule has 0 aromatic carbocycles. The minimum Gasteiger partial charge on any atom is -0.469 e. The van der Waals surface area contributed by atoms with E-state index in [1.54, 1.807) is 0 Å². The van der Waals surface area contributed by atoms with Crippen molar-refractivity contribution < 1.29 is 54.3 Å². The fourth-order valence-electron chi connectivity index (χ4n) is 0.790. The van der Waals surface area contributed by atoms with E-state index in [0.29, 0.717) is 0 Å². The smallest absolute Gasteiger partial charge is 0.412 e. The van der Waals surface area contributed by atoms with E-state index in [-0.39, 0.29) is 0 Å². The second kappa shape index (κ2) is 7.23. The number of hydrogen-bond donors (Lipinski definition) is 0. The zero-order chi connectivity index (χ0) is 16.9. The third-order valence-corrected chi connectivity index (χ3v) is 3.33. The first-order valence-corrected chi connectivity index (χ1v) is 6.46. The molecule has 0 aromatic rings.